The molecule has 0 aromatic carbocycles. The molecule has 6 rings (SSSR count). The average Bonchev–Trinajstić information content (AvgIpc) is 3.16. The van der Waals surface area contributed by atoms with Crippen LogP contribution < -0.4 is 0 Å². The predicted octanol–water partition coefficient (Wildman–Crippen LogP) is 8.58. The topological polar surface area (TPSA) is 138 Å². The maximum absolute atomic E-state index is 13.5. The van der Waals surface area contributed by atoms with Crippen LogP contribution in [0.5, 0.6) is 0 Å². The fraction of sp³-hybridized carbons (Fsp3) is 0.950. The lowest BCUT2D eigenvalue weighted by atomic mass is 9.67. The summed E-state index contributed by atoms with van der Waals surface area (Å²) < 4.78 is 25.7. The zero-order valence-corrected chi connectivity index (χ0v) is 31.7. The second-order valence-corrected chi connectivity index (χ2v) is 18.7. The van der Waals surface area contributed by atoms with Crippen LogP contribution in [0.15, 0.2) is 0 Å². The molecule has 11 heteroatoms. The van der Waals surface area contributed by atoms with Gasteiger partial charge in [-0.05, 0) is 113 Å². The maximum Gasteiger partial charge on any atom is 0.310 e. The Hall–Kier alpha value is -1.11. The van der Waals surface area contributed by atoms with Gasteiger partial charge in [-0.25, -0.2) is 18.9 Å². The smallest absolute Gasteiger partial charge is 0.310 e. The quantitative estimate of drug-likeness (QED) is 0.101. The van der Waals surface area contributed by atoms with E-state index in [0.29, 0.717) is 69.0 Å². The Kier molecular flexibility index (Phi) is 15.5. The second-order valence-electron chi connectivity index (χ2n) is 17.3. The molecule has 6 fully saturated rings. The normalized spacial score (nSPS) is 38.1. The molecule has 51 heavy (non-hydrogen) atoms. The van der Waals surface area contributed by atoms with Crippen LogP contribution in [0.3, 0.4) is 0 Å². The van der Waals surface area contributed by atoms with Crippen molar-refractivity contribution in [3.8, 4) is 0 Å². The first-order chi connectivity index (χ1) is 24.9. The van der Waals surface area contributed by atoms with Crippen LogP contribution in [0.2, 0.25) is 0 Å². The summed E-state index contributed by atoms with van der Waals surface area (Å²) in [6.45, 7) is 0.824. The molecule has 0 amide bonds. The van der Waals surface area contributed by atoms with Crippen molar-refractivity contribution in [1.29, 1.82) is 0 Å². The van der Waals surface area contributed by atoms with E-state index in [1.54, 1.807) is 0 Å². The van der Waals surface area contributed by atoms with Crippen molar-refractivity contribution in [2.45, 2.75) is 178 Å². The molecule has 0 saturated heterocycles. The van der Waals surface area contributed by atoms with E-state index in [4.69, 9.17) is 18.7 Å². The van der Waals surface area contributed by atoms with E-state index < -0.39 is 28.9 Å². The van der Waals surface area contributed by atoms with Crippen LogP contribution in [0.4, 0.5) is 0 Å². The van der Waals surface area contributed by atoms with Crippen LogP contribution in [0, 0.1) is 47.3 Å². The summed E-state index contributed by atoms with van der Waals surface area (Å²) in [5.41, 5.74) is 0. The van der Waals surface area contributed by atoms with Gasteiger partial charge in [0.1, 0.15) is 6.10 Å². The van der Waals surface area contributed by atoms with Gasteiger partial charge in [-0.2, -0.15) is 0 Å². The molecule has 0 aromatic heterocycles. The molecular formula is C40H66O10S. The van der Waals surface area contributed by atoms with Crippen molar-refractivity contribution in [2.24, 2.45) is 47.3 Å². The number of carbonyl (C=O) groups excluding carboxylic acids is 1. The highest BCUT2D eigenvalue weighted by Gasteiger charge is 2.44. The standard InChI is InChI=1S/C40H66O10S/c41-39(42)37-20-19-30(28-11-5-2-6-12-28)22-38(37)40(43)48-33-13-8-16-36(24-33)51(45)50-35-15-7-14-34(23-35)49-47-26-32-21-29(17-18-31(32)25-46-44)27-9-3-1-4-10-27/h27-38,44H,1-26H2,(H,41,42). The van der Waals surface area contributed by atoms with E-state index in [1.165, 1.54) is 70.6 Å². The summed E-state index contributed by atoms with van der Waals surface area (Å²) in [6.07, 6.45) is 23.5. The van der Waals surface area contributed by atoms with E-state index >= 15 is 0 Å². The van der Waals surface area contributed by atoms with Gasteiger partial charge in [-0.15, -0.1) is 0 Å². The zero-order valence-electron chi connectivity index (χ0n) is 30.9. The molecule has 11 unspecified atom stereocenters. The molecule has 0 aliphatic heterocycles. The molecule has 6 aliphatic rings. The third-order valence-electron chi connectivity index (χ3n) is 14.0. The van der Waals surface area contributed by atoms with E-state index in [1.807, 2.05) is 0 Å². The van der Waals surface area contributed by atoms with Crippen molar-refractivity contribution < 1.29 is 47.7 Å². The van der Waals surface area contributed by atoms with Gasteiger partial charge in [0, 0.05) is 12.8 Å². The molecular weight excluding hydrogens is 672 g/mol. The highest BCUT2D eigenvalue weighted by atomic mass is 32.2. The molecule has 0 aromatic rings. The molecule has 0 heterocycles. The van der Waals surface area contributed by atoms with Crippen molar-refractivity contribution in [2.75, 3.05) is 13.2 Å². The van der Waals surface area contributed by atoms with Crippen LogP contribution >= 0.6 is 0 Å². The van der Waals surface area contributed by atoms with Gasteiger partial charge in [0.05, 0.1) is 42.5 Å². The van der Waals surface area contributed by atoms with Gasteiger partial charge in [-0.1, -0.05) is 64.2 Å². The van der Waals surface area contributed by atoms with Crippen molar-refractivity contribution in [3.63, 3.8) is 0 Å². The third kappa shape index (κ3) is 11.2. The van der Waals surface area contributed by atoms with E-state index in [-0.39, 0.29) is 35.4 Å². The molecule has 292 valence electrons. The Labute approximate surface area is 308 Å². The minimum absolute atomic E-state index is 0.124. The summed E-state index contributed by atoms with van der Waals surface area (Å²) in [5.74, 6) is 0.516. The first kappa shape index (κ1) is 39.6. The number of carbonyl (C=O) groups is 2. The van der Waals surface area contributed by atoms with E-state index in [2.05, 4.69) is 4.89 Å². The molecule has 0 spiro atoms. The summed E-state index contributed by atoms with van der Waals surface area (Å²) in [6, 6.07) is 0. The maximum atomic E-state index is 13.5. The number of rotatable bonds is 14. The summed E-state index contributed by atoms with van der Waals surface area (Å²) in [7, 11) is 0. The summed E-state index contributed by atoms with van der Waals surface area (Å²) in [5, 5.41) is 18.9. The van der Waals surface area contributed by atoms with Gasteiger partial charge in [0.2, 0.25) is 0 Å². The lowest BCUT2D eigenvalue weighted by Crippen LogP contribution is -2.41. The van der Waals surface area contributed by atoms with E-state index in [9.17, 15) is 24.2 Å². The fourth-order valence-electron chi connectivity index (χ4n) is 11.1. The Balaban J connectivity index is 0.939. The number of ether oxygens (including phenoxy) is 1. The number of carboxylic acids is 1. The highest BCUT2D eigenvalue weighted by molar-refractivity contribution is 7.80. The molecule has 11 atom stereocenters. The number of aliphatic carboxylic acids is 1. The summed E-state index contributed by atoms with van der Waals surface area (Å²) >= 11 is -1.53. The van der Waals surface area contributed by atoms with Crippen molar-refractivity contribution in [1.82, 2.24) is 0 Å². The molecule has 10 nitrogen and oxygen atoms in total. The Morgan fingerprint density at radius 2 is 1.22 bits per heavy atom. The molecule has 6 saturated carbocycles. The van der Waals surface area contributed by atoms with Crippen LogP contribution in [-0.2, 0) is 44.3 Å². The van der Waals surface area contributed by atoms with Crippen molar-refractivity contribution >= 4 is 23.0 Å². The zero-order chi connectivity index (χ0) is 35.6. The number of carboxylic acid groups (broad SMARTS) is 1. The van der Waals surface area contributed by atoms with Gasteiger partial charge in [-0.3, -0.25) is 19.0 Å². The minimum Gasteiger partial charge on any atom is -0.481 e. The lowest BCUT2D eigenvalue weighted by molar-refractivity contribution is -0.341. The molecule has 0 bridgehead atoms. The highest BCUT2D eigenvalue weighted by Crippen LogP contribution is 2.45. The van der Waals surface area contributed by atoms with Gasteiger partial charge in [0.15, 0.2) is 11.1 Å². The first-order valence-electron chi connectivity index (χ1n) is 20.9. The van der Waals surface area contributed by atoms with Gasteiger partial charge >= 0.3 is 11.9 Å². The third-order valence-corrected chi connectivity index (χ3v) is 15.5. The van der Waals surface area contributed by atoms with Crippen molar-refractivity contribution in [3.05, 3.63) is 0 Å². The molecule has 0 radical (unpaired) electrons. The Morgan fingerprint density at radius 1 is 0.569 bits per heavy atom. The first-order valence-corrected chi connectivity index (χ1v) is 22.1. The fourth-order valence-corrected chi connectivity index (χ4v) is 12.4. The van der Waals surface area contributed by atoms with Crippen LogP contribution in [0.1, 0.15) is 154 Å². The summed E-state index contributed by atoms with van der Waals surface area (Å²) in [4.78, 5) is 42.1. The Morgan fingerprint density at radius 3 is 1.92 bits per heavy atom. The lowest BCUT2D eigenvalue weighted by Gasteiger charge is -2.40. The predicted molar refractivity (Wildman–Crippen MR) is 192 cm³/mol. The monoisotopic (exact) mass is 738 g/mol. The minimum atomic E-state index is -1.53. The van der Waals surface area contributed by atoms with Crippen LogP contribution in [-0.4, -0.2) is 63.3 Å². The molecule has 2 N–H and O–H groups in total. The Bertz CT molecular complexity index is 1110. The number of esters is 1. The second kappa shape index (κ2) is 20.0. The van der Waals surface area contributed by atoms with Gasteiger partial charge in [0.25, 0.3) is 0 Å². The molecule has 6 aliphatic carbocycles. The largest absolute Gasteiger partial charge is 0.481 e. The number of hydrogen-bond donors (Lipinski definition) is 2. The SMILES string of the molecule is O=C(O)C1CCC(C2CCCCC2)CC1C(=O)OC1CCCC(S(=O)OC2CCCC(OOCC3CC(C4CCCCC4)CCC3COO)C2)C1. The van der Waals surface area contributed by atoms with Crippen LogP contribution in [0.25, 0.3) is 0 Å². The average molecular weight is 739 g/mol. The number of hydrogen-bond acceptors (Lipinski definition) is 9. The van der Waals surface area contributed by atoms with E-state index in [0.717, 1.165) is 57.3 Å². The van der Waals surface area contributed by atoms with Gasteiger partial charge < -0.3 is 9.84 Å².